The zero-order valence-corrected chi connectivity index (χ0v) is 28.4. The minimum atomic E-state index is -1.32. The van der Waals surface area contributed by atoms with Crippen molar-refractivity contribution in [3.8, 4) is 0 Å². The van der Waals surface area contributed by atoms with Crippen LogP contribution in [0.3, 0.4) is 0 Å². The number of fused-ring (bicyclic) bond motifs is 7. The molecule has 11 atom stereocenters. The number of aliphatic carboxylic acids is 1. The fourth-order valence-corrected chi connectivity index (χ4v) is 11.0. The molecule has 0 spiro atoms. The molecule has 0 heterocycles. The maximum atomic E-state index is 14.4. The number of ketones is 1. The van der Waals surface area contributed by atoms with Crippen LogP contribution in [0.2, 0.25) is 0 Å². The summed E-state index contributed by atoms with van der Waals surface area (Å²) >= 11 is 0. The Kier molecular flexibility index (Phi) is 7.96. The molecule has 5 rings (SSSR count). The van der Waals surface area contributed by atoms with Crippen LogP contribution in [0, 0.1) is 56.7 Å². The fourth-order valence-electron chi connectivity index (χ4n) is 11.0. The van der Waals surface area contributed by atoms with E-state index >= 15 is 0 Å². The van der Waals surface area contributed by atoms with Crippen LogP contribution in [0.5, 0.6) is 0 Å². The second-order valence-electron chi connectivity index (χ2n) is 15.0. The van der Waals surface area contributed by atoms with Crippen molar-refractivity contribution < 1.29 is 75.6 Å². The van der Waals surface area contributed by atoms with Gasteiger partial charge in [-0.1, -0.05) is 54.0 Å². The van der Waals surface area contributed by atoms with Gasteiger partial charge in [0.1, 0.15) is 6.10 Å². The molecule has 0 aromatic carbocycles. The summed E-state index contributed by atoms with van der Waals surface area (Å²) in [5, 5.41) is 12.7. The molecule has 38 heavy (non-hydrogen) atoms. The molecule has 6 heteroatoms. The first kappa shape index (κ1) is 30.9. The standard InChI is InChI=1S/C32H48O5.K/c1-18-9-12-28(4)15-16-30(6)21(25(28)19(18)2)17-22(34)26-29(5)13-11-24(37-20(3)33)32(8,27(35)36)23(29)10-14-31(26,30)7;/h17-19,23-26H,9-16H2,1-8H3,(H,35,36);/q;+1/p-1/t18-,19+,23?,24-,25?,26?,28-,29+,30-,31-,32-;/m1./s1. The number of rotatable bonds is 2. The molecule has 0 saturated heterocycles. The van der Waals surface area contributed by atoms with Crippen LogP contribution < -0.4 is 56.5 Å². The molecule has 5 nitrogen and oxygen atoms in total. The minimum Gasteiger partial charge on any atom is -0.549 e. The van der Waals surface area contributed by atoms with E-state index in [-0.39, 0.29) is 85.2 Å². The Bertz CT molecular complexity index is 1070. The number of carbonyl (C=O) groups is 3. The third kappa shape index (κ3) is 3.92. The zero-order valence-electron chi connectivity index (χ0n) is 25.2. The smallest absolute Gasteiger partial charge is 0.549 e. The number of esters is 1. The molecule has 3 unspecified atom stereocenters. The molecule has 4 fully saturated rings. The molecule has 0 amide bonds. The summed E-state index contributed by atoms with van der Waals surface area (Å²) in [4.78, 5) is 39.0. The summed E-state index contributed by atoms with van der Waals surface area (Å²) in [5.74, 6) is -0.338. The van der Waals surface area contributed by atoms with Crippen molar-refractivity contribution in [1.82, 2.24) is 0 Å². The van der Waals surface area contributed by atoms with E-state index in [9.17, 15) is 19.5 Å². The molecule has 0 aromatic heterocycles. The predicted octanol–water partition coefficient (Wildman–Crippen LogP) is 2.51. The van der Waals surface area contributed by atoms with Gasteiger partial charge in [-0.15, -0.1) is 0 Å². The van der Waals surface area contributed by atoms with Crippen molar-refractivity contribution in [2.24, 2.45) is 56.7 Å². The average Bonchev–Trinajstić information content (AvgIpc) is 2.79. The van der Waals surface area contributed by atoms with Crippen molar-refractivity contribution in [3.05, 3.63) is 11.6 Å². The number of carboxylic acids is 1. The molecule has 0 radical (unpaired) electrons. The van der Waals surface area contributed by atoms with E-state index < -0.39 is 28.9 Å². The normalized spacial score (nSPS) is 51.7. The van der Waals surface area contributed by atoms with E-state index in [0.717, 1.165) is 12.8 Å². The molecule has 206 valence electrons. The van der Waals surface area contributed by atoms with Crippen LogP contribution in [0.1, 0.15) is 107 Å². The van der Waals surface area contributed by atoms with Gasteiger partial charge in [-0.05, 0) is 103 Å². The van der Waals surface area contributed by atoms with Gasteiger partial charge >= 0.3 is 57.4 Å². The number of hydrogen-bond acceptors (Lipinski definition) is 5. The van der Waals surface area contributed by atoms with E-state index in [0.29, 0.717) is 37.0 Å². The van der Waals surface area contributed by atoms with Gasteiger partial charge in [0.05, 0.1) is 5.97 Å². The Labute approximate surface area is 272 Å². The fraction of sp³-hybridized carbons (Fsp3) is 0.844. The Morgan fingerprint density at radius 2 is 1.61 bits per heavy atom. The SMILES string of the molecule is CC(=O)O[C@@H]1CC[C@@]2(C)C(CC[C@]3(C)C2C(=O)C=C2C4[C@@H](C)[C@H](C)CC[C@]4(C)CC[C@]23C)[C@@]1(C)C(=O)[O-].[K+]. The van der Waals surface area contributed by atoms with Crippen LogP contribution >= 0.6 is 0 Å². The molecule has 0 N–H and O–H groups in total. The monoisotopic (exact) mass is 550 g/mol. The first-order valence-corrected chi connectivity index (χ1v) is 14.7. The molecular weight excluding hydrogens is 503 g/mol. The summed E-state index contributed by atoms with van der Waals surface area (Å²) in [7, 11) is 0. The van der Waals surface area contributed by atoms with E-state index in [4.69, 9.17) is 4.74 Å². The molecule has 0 aliphatic heterocycles. The van der Waals surface area contributed by atoms with Gasteiger partial charge in [0.25, 0.3) is 0 Å². The summed E-state index contributed by atoms with van der Waals surface area (Å²) in [5.41, 5.74) is -0.488. The summed E-state index contributed by atoms with van der Waals surface area (Å²) in [6.07, 6.45) is 8.72. The maximum Gasteiger partial charge on any atom is 1.00 e. The van der Waals surface area contributed by atoms with Gasteiger partial charge in [-0.25, -0.2) is 0 Å². The number of allylic oxidation sites excluding steroid dienone is 2. The van der Waals surface area contributed by atoms with Crippen LogP contribution in [0.4, 0.5) is 0 Å². The van der Waals surface area contributed by atoms with Crippen molar-refractivity contribution in [2.75, 3.05) is 0 Å². The molecule has 4 saturated carbocycles. The van der Waals surface area contributed by atoms with Crippen LogP contribution in [-0.2, 0) is 19.1 Å². The first-order chi connectivity index (χ1) is 17.1. The zero-order chi connectivity index (χ0) is 27.3. The Balaban J connectivity index is 0.00000336. The predicted molar refractivity (Wildman–Crippen MR) is 140 cm³/mol. The van der Waals surface area contributed by atoms with E-state index in [1.54, 1.807) is 6.92 Å². The van der Waals surface area contributed by atoms with Gasteiger partial charge in [0, 0.05) is 18.3 Å². The largest absolute Gasteiger partial charge is 1.00 e. The van der Waals surface area contributed by atoms with Gasteiger partial charge in [-0.2, -0.15) is 0 Å². The third-order valence-corrected chi connectivity index (χ3v) is 13.5. The van der Waals surface area contributed by atoms with Gasteiger partial charge < -0.3 is 14.6 Å². The van der Waals surface area contributed by atoms with Crippen molar-refractivity contribution in [2.45, 2.75) is 113 Å². The second-order valence-corrected chi connectivity index (χ2v) is 15.0. The number of hydrogen-bond donors (Lipinski definition) is 0. The molecule has 0 bridgehead atoms. The summed E-state index contributed by atoms with van der Waals surface area (Å²) in [6, 6.07) is 0. The molecule has 5 aliphatic carbocycles. The third-order valence-electron chi connectivity index (χ3n) is 13.5. The second kappa shape index (κ2) is 9.78. The van der Waals surface area contributed by atoms with E-state index in [2.05, 4.69) is 41.5 Å². The molecule has 0 aromatic rings. The average molecular weight is 551 g/mol. The van der Waals surface area contributed by atoms with Crippen LogP contribution in [0.25, 0.3) is 0 Å². The van der Waals surface area contributed by atoms with Gasteiger partial charge in [-0.3, -0.25) is 9.59 Å². The summed E-state index contributed by atoms with van der Waals surface area (Å²) in [6.45, 7) is 17.2. The van der Waals surface area contributed by atoms with E-state index in [1.807, 2.05) is 6.08 Å². The van der Waals surface area contributed by atoms with Crippen molar-refractivity contribution in [3.63, 3.8) is 0 Å². The molecule has 5 aliphatic rings. The quantitative estimate of drug-likeness (QED) is 0.390. The molecular formula is C32H47KO5. The maximum absolute atomic E-state index is 14.4. The van der Waals surface area contributed by atoms with Crippen LogP contribution in [0.15, 0.2) is 11.6 Å². The van der Waals surface area contributed by atoms with E-state index in [1.165, 1.54) is 31.8 Å². The number of carbonyl (C=O) groups excluding carboxylic acids is 3. The Hall–Kier alpha value is -0.0136. The van der Waals surface area contributed by atoms with Crippen molar-refractivity contribution in [1.29, 1.82) is 0 Å². The Morgan fingerprint density at radius 1 is 0.947 bits per heavy atom. The topological polar surface area (TPSA) is 83.5 Å². The number of carboxylic acid groups (broad SMARTS) is 1. The summed E-state index contributed by atoms with van der Waals surface area (Å²) < 4.78 is 5.59. The van der Waals surface area contributed by atoms with Crippen molar-refractivity contribution >= 4 is 17.7 Å². The Morgan fingerprint density at radius 3 is 2.21 bits per heavy atom. The van der Waals surface area contributed by atoms with Crippen LogP contribution in [-0.4, -0.2) is 23.8 Å². The number of ether oxygens (including phenoxy) is 1. The minimum absolute atomic E-state index is 0. The first-order valence-electron chi connectivity index (χ1n) is 14.7. The van der Waals surface area contributed by atoms with Gasteiger partial charge in [0.15, 0.2) is 5.78 Å². The van der Waals surface area contributed by atoms with Gasteiger partial charge in [0.2, 0.25) is 0 Å².